The van der Waals surface area contributed by atoms with Gasteiger partial charge in [-0.15, -0.1) is 0 Å². The average Bonchev–Trinajstić information content (AvgIpc) is 3.26. The van der Waals surface area contributed by atoms with Gasteiger partial charge >= 0.3 is 0 Å². The highest BCUT2D eigenvalue weighted by Crippen LogP contribution is 2.18. The van der Waals surface area contributed by atoms with Crippen LogP contribution < -0.4 is 10.6 Å². The van der Waals surface area contributed by atoms with Gasteiger partial charge in [-0.25, -0.2) is 4.68 Å². The molecule has 1 saturated heterocycles. The van der Waals surface area contributed by atoms with E-state index in [1.54, 1.807) is 41.2 Å². The molecule has 1 unspecified atom stereocenters. The van der Waals surface area contributed by atoms with Gasteiger partial charge in [0.05, 0.1) is 6.20 Å². The van der Waals surface area contributed by atoms with Crippen LogP contribution in [0, 0.1) is 0 Å². The molecule has 132 valence electrons. The summed E-state index contributed by atoms with van der Waals surface area (Å²) in [6, 6.07) is 8.73. The van der Waals surface area contributed by atoms with E-state index in [0.717, 1.165) is 12.8 Å². The molecule has 0 radical (unpaired) electrons. The smallest absolute Gasteiger partial charge is 0.256 e. The summed E-state index contributed by atoms with van der Waals surface area (Å²) in [5.41, 5.74) is 1.03. The number of carbonyl (C=O) groups is 2. The first kappa shape index (κ1) is 17.2. The van der Waals surface area contributed by atoms with Crippen molar-refractivity contribution in [1.29, 1.82) is 0 Å². The molecule has 1 fully saturated rings. The fraction of sp³-hybridized carbons (Fsp3) is 0.389. The van der Waals surface area contributed by atoms with Crippen LogP contribution in [-0.4, -0.2) is 34.3 Å². The second-order valence-electron chi connectivity index (χ2n) is 6.28. The Balaban J connectivity index is 1.69. The molecule has 1 aromatic heterocycles. The molecule has 0 aliphatic carbocycles. The van der Waals surface area contributed by atoms with Gasteiger partial charge in [-0.3, -0.25) is 9.59 Å². The molecule has 2 N–H and O–H groups in total. The average molecular weight is 342 g/mol. The first-order valence-electron chi connectivity index (χ1n) is 8.42. The highest BCUT2D eigenvalue weighted by molar-refractivity contribution is 6.05. The summed E-state index contributed by atoms with van der Waals surface area (Å²) in [5, 5.41) is 9.85. The van der Waals surface area contributed by atoms with Crippen molar-refractivity contribution in [3.8, 4) is 0 Å². The van der Waals surface area contributed by atoms with E-state index in [2.05, 4.69) is 15.7 Å². The van der Waals surface area contributed by atoms with Crippen LogP contribution in [0.3, 0.4) is 0 Å². The third kappa shape index (κ3) is 4.06. The van der Waals surface area contributed by atoms with Gasteiger partial charge in [0.25, 0.3) is 11.8 Å². The van der Waals surface area contributed by atoms with Crippen molar-refractivity contribution in [3.05, 3.63) is 42.1 Å². The highest BCUT2D eigenvalue weighted by Gasteiger charge is 2.23. The maximum Gasteiger partial charge on any atom is 0.256 e. The molecule has 7 heteroatoms. The lowest BCUT2D eigenvalue weighted by Gasteiger charge is -2.13. The fourth-order valence-electron chi connectivity index (χ4n) is 2.76. The van der Waals surface area contributed by atoms with Crippen LogP contribution >= 0.6 is 0 Å². The van der Waals surface area contributed by atoms with Gasteiger partial charge in [0, 0.05) is 30.0 Å². The minimum absolute atomic E-state index is 0.141. The SMILES string of the molecule is CC(C)n1nccc1NC(=O)c1cccc(NC(=O)C2CCCO2)c1. The first-order chi connectivity index (χ1) is 12.0. The molecule has 1 aromatic carbocycles. The topological polar surface area (TPSA) is 85.3 Å². The van der Waals surface area contributed by atoms with E-state index in [9.17, 15) is 9.59 Å². The second-order valence-corrected chi connectivity index (χ2v) is 6.28. The van der Waals surface area contributed by atoms with Gasteiger partial charge in [0.2, 0.25) is 0 Å². The van der Waals surface area contributed by atoms with Gasteiger partial charge in [-0.1, -0.05) is 6.07 Å². The summed E-state index contributed by atoms with van der Waals surface area (Å²) in [7, 11) is 0. The number of hydrogen-bond donors (Lipinski definition) is 2. The number of rotatable bonds is 5. The Morgan fingerprint density at radius 2 is 2.12 bits per heavy atom. The third-order valence-corrected chi connectivity index (χ3v) is 4.02. The molecule has 0 bridgehead atoms. The van der Waals surface area contributed by atoms with Gasteiger partial charge in [0.15, 0.2) is 0 Å². The molecule has 0 saturated carbocycles. The summed E-state index contributed by atoms with van der Waals surface area (Å²) >= 11 is 0. The standard InChI is InChI=1S/C18H22N4O3/c1-12(2)22-16(8-9-19-22)21-17(23)13-5-3-6-14(11-13)20-18(24)15-7-4-10-25-15/h3,5-6,8-9,11-12,15H,4,7,10H2,1-2H3,(H,20,24)(H,21,23). The molecule has 1 aliphatic rings. The van der Waals surface area contributed by atoms with Crippen molar-refractivity contribution < 1.29 is 14.3 Å². The zero-order chi connectivity index (χ0) is 17.8. The maximum absolute atomic E-state index is 12.5. The Labute approximate surface area is 146 Å². The zero-order valence-corrected chi connectivity index (χ0v) is 14.4. The molecule has 2 aromatic rings. The fourth-order valence-corrected chi connectivity index (χ4v) is 2.76. The third-order valence-electron chi connectivity index (χ3n) is 4.02. The number of nitrogens with one attached hydrogen (secondary N) is 2. The van der Waals surface area contributed by atoms with Gasteiger partial charge in [-0.2, -0.15) is 5.10 Å². The summed E-state index contributed by atoms with van der Waals surface area (Å²) in [4.78, 5) is 24.6. The quantitative estimate of drug-likeness (QED) is 0.875. The molecular weight excluding hydrogens is 320 g/mol. The molecule has 1 aliphatic heterocycles. The van der Waals surface area contributed by atoms with Crippen molar-refractivity contribution in [2.75, 3.05) is 17.2 Å². The highest BCUT2D eigenvalue weighted by atomic mass is 16.5. The van der Waals surface area contributed by atoms with Crippen molar-refractivity contribution in [1.82, 2.24) is 9.78 Å². The first-order valence-corrected chi connectivity index (χ1v) is 8.42. The van der Waals surface area contributed by atoms with E-state index >= 15 is 0 Å². The van der Waals surface area contributed by atoms with E-state index in [0.29, 0.717) is 23.7 Å². The zero-order valence-electron chi connectivity index (χ0n) is 14.4. The summed E-state index contributed by atoms with van der Waals surface area (Å²) in [6.45, 7) is 4.60. The Morgan fingerprint density at radius 1 is 1.28 bits per heavy atom. The van der Waals surface area contributed by atoms with Gasteiger partial charge in [-0.05, 0) is 44.9 Å². The van der Waals surface area contributed by atoms with E-state index in [4.69, 9.17) is 4.74 Å². The molecular formula is C18H22N4O3. The molecule has 1 atom stereocenters. The number of benzene rings is 1. The number of ether oxygens (including phenoxy) is 1. The number of carbonyl (C=O) groups excluding carboxylic acids is 2. The van der Waals surface area contributed by atoms with Crippen molar-refractivity contribution in [2.24, 2.45) is 0 Å². The molecule has 25 heavy (non-hydrogen) atoms. The lowest BCUT2D eigenvalue weighted by atomic mass is 10.1. The normalized spacial score (nSPS) is 16.8. The molecule has 7 nitrogen and oxygen atoms in total. The van der Waals surface area contributed by atoms with Crippen molar-refractivity contribution >= 4 is 23.3 Å². The molecule has 2 amide bonds. The minimum atomic E-state index is -0.405. The largest absolute Gasteiger partial charge is 0.368 e. The van der Waals surface area contributed by atoms with Crippen molar-refractivity contribution in [3.63, 3.8) is 0 Å². The lowest BCUT2D eigenvalue weighted by molar-refractivity contribution is -0.124. The van der Waals surface area contributed by atoms with Crippen LogP contribution in [0.4, 0.5) is 11.5 Å². The summed E-state index contributed by atoms with van der Waals surface area (Å²) in [5.74, 6) is 0.206. The molecule has 0 spiro atoms. The number of amides is 2. The van der Waals surface area contributed by atoms with Crippen LogP contribution in [0.25, 0.3) is 0 Å². The van der Waals surface area contributed by atoms with E-state index < -0.39 is 6.10 Å². The number of hydrogen-bond acceptors (Lipinski definition) is 4. The Morgan fingerprint density at radius 3 is 2.84 bits per heavy atom. The van der Waals surface area contributed by atoms with Crippen LogP contribution in [0.5, 0.6) is 0 Å². The van der Waals surface area contributed by atoms with Crippen LogP contribution in [0.1, 0.15) is 43.1 Å². The van der Waals surface area contributed by atoms with Gasteiger partial charge in [0.1, 0.15) is 11.9 Å². The van der Waals surface area contributed by atoms with Crippen LogP contribution in [0.2, 0.25) is 0 Å². The lowest BCUT2D eigenvalue weighted by Crippen LogP contribution is -2.27. The van der Waals surface area contributed by atoms with E-state index in [1.165, 1.54) is 0 Å². The molecule has 3 rings (SSSR count). The number of anilines is 2. The minimum Gasteiger partial charge on any atom is -0.368 e. The summed E-state index contributed by atoms with van der Waals surface area (Å²) < 4.78 is 7.11. The summed E-state index contributed by atoms with van der Waals surface area (Å²) in [6.07, 6.45) is 2.86. The second kappa shape index (κ2) is 7.48. The van der Waals surface area contributed by atoms with Gasteiger partial charge < -0.3 is 15.4 Å². The predicted octanol–water partition coefficient (Wildman–Crippen LogP) is 2.83. The monoisotopic (exact) mass is 342 g/mol. The van der Waals surface area contributed by atoms with Crippen molar-refractivity contribution in [2.45, 2.75) is 38.8 Å². The number of aromatic nitrogens is 2. The maximum atomic E-state index is 12.5. The Kier molecular flexibility index (Phi) is 5.14. The Bertz CT molecular complexity index is 763. The molecule has 2 heterocycles. The van der Waals surface area contributed by atoms with E-state index in [1.807, 2.05) is 13.8 Å². The predicted molar refractivity (Wildman–Crippen MR) is 94.6 cm³/mol. The Hall–Kier alpha value is -2.67. The van der Waals surface area contributed by atoms with Crippen LogP contribution in [-0.2, 0) is 9.53 Å². The number of nitrogens with zero attached hydrogens (tertiary/aromatic N) is 2. The van der Waals surface area contributed by atoms with E-state index in [-0.39, 0.29) is 17.9 Å². The van der Waals surface area contributed by atoms with Crippen LogP contribution in [0.15, 0.2) is 36.5 Å².